The fraction of sp³-hybridized carbons (Fsp3) is 0.778. The molecule has 1 atom stereocenters. The molecule has 0 aromatic heterocycles. The van der Waals surface area contributed by atoms with Gasteiger partial charge in [-0.25, -0.2) is 0 Å². The highest BCUT2D eigenvalue weighted by molar-refractivity contribution is 4.94. The largest absolute Gasteiger partial charge is 0.378 e. The molecule has 2 nitrogen and oxygen atoms in total. The smallest absolute Gasteiger partial charge is 0.0658 e. The maximum absolute atomic E-state index is 5.36. The molecule has 0 aliphatic carbocycles. The van der Waals surface area contributed by atoms with Gasteiger partial charge < -0.3 is 4.74 Å². The van der Waals surface area contributed by atoms with Gasteiger partial charge in [-0.15, -0.1) is 0 Å². The Bertz CT molecular complexity index is 134. The highest BCUT2D eigenvalue weighted by Crippen LogP contribution is 2.05. The van der Waals surface area contributed by atoms with Gasteiger partial charge >= 0.3 is 0 Å². The van der Waals surface area contributed by atoms with Gasteiger partial charge in [0.05, 0.1) is 19.3 Å². The van der Waals surface area contributed by atoms with Crippen LogP contribution < -0.4 is 0 Å². The molecular formula is C9H17NO. The molecule has 2 heteroatoms. The van der Waals surface area contributed by atoms with E-state index in [2.05, 4.69) is 31.0 Å². The van der Waals surface area contributed by atoms with Gasteiger partial charge in [-0.2, -0.15) is 0 Å². The summed E-state index contributed by atoms with van der Waals surface area (Å²) in [7, 11) is 2.15. The monoisotopic (exact) mass is 155 g/mol. The first kappa shape index (κ1) is 8.75. The van der Waals surface area contributed by atoms with Gasteiger partial charge in [0.25, 0.3) is 0 Å². The molecule has 0 amide bonds. The Kier molecular flexibility index (Phi) is 3.60. The van der Waals surface area contributed by atoms with E-state index in [0.717, 1.165) is 26.2 Å². The zero-order valence-electron chi connectivity index (χ0n) is 7.42. The van der Waals surface area contributed by atoms with Gasteiger partial charge in [0, 0.05) is 6.54 Å². The molecule has 0 saturated carbocycles. The molecule has 0 spiro atoms. The predicted molar refractivity (Wildman–Crippen MR) is 46.7 cm³/mol. The molecule has 0 bridgehead atoms. The number of likely N-dealkylation sites (N-methyl/N-ethyl adjacent to an activating group) is 1. The first-order chi connectivity index (χ1) is 5.34. The minimum atomic E-state index is 0.503. The van der Waals surface area contributed by atoms with E-state index in [1.165, 1.54) is 0 Å². The molecule has 1 aliphatic heterocycles. The minimum absolute atomic E-state index is 0.503. The fourth-order valence-electron chi connectivity index (χ4n) is 1.20. The molecular weight excluding hydrogens is 138 g/mol. The molecule has 1 unspecified atom stereocenters. The third-order valence-electron chi connectivity index (χ3n) is 2.04. The van der Waals surface area contributed by atoms with E-state index in [-0.39, 0.29) is 0 Å². The second kappa shape index (κ2) is 4.52. The fourth-order valence-corrected chi connectivity index (χ4v) is 1.20. The molecule has 1 fully saturated rings. The lowest BCUT2D eigenvalue weighted by Gasteiger charge is -2.30. The molecule has 1 aliphatic rings. The minimum Gasteiger partial charge on any atom is -0.378 e. The highest BCUT2D eigenvalue weighted by Gasteiger charge is 2.15. The zero-order valence-corrected chi connectivity index (χ0v) is 7.42. The summed E-state index contributed by atoms with van der Waals surface area (Å²) in [6.07, 6.45) is 5.55. The van der Waals surface area contributed by atoms with Crippen LogP contribution in [0.2, 0.25) is 0 Å². The summed E-state index contributed by atoms with van der Waals surface area (Å²) in [5.74, 6) is 0. The Morgan fingerprint density at radius 3 is 3.09 bits per heavy atom. The summed E-state index contributed by atoms with van der Waals surface area (Å²) in [5, 5.41) is 0. The zero-order chi connectivity index (χ0) is 8.10. The Labute approximate surface area is 68.8 Å². The van der Waals surface area contributed by atoms with E-state index in [4.69, 9.17) is 4.74 Å². The van der Waals surface area contributed by atoms with Gasteiger partial charge in [0.1, 0.15) is 0 Å². The third-order valence-corrected chi connectivity index (χ3v) is 2.04. The van der Waals surface area contributed by atoms with Crippen molar-refractivity contribution in [1.82, 2.24) is 4.90 Å². The molecule has 1 heterocycles. The summed E-state index contributed by atoms with van der Waals surface area (Å²) < 4.78 is 5.36. The second-order valence-electron chi connectivity index (χ2n) is 2.96. The Hall–Kier alpha value is -0.340. The maximum Gasteiger partial charge on any atom is 0.0658 e. The van der Waals surface area contributed by atoms with E-state index in [0.29, 0.717) is 6.04 Å². The van der Waals surface area contributed by atoms with Crippen molar-refractivity contribution < 1.29 is 4.74 Å². The molecule has 0 aromatic rings. The topological polar surface area (TPSA) is 12.5 Å². The maximum atomic E-state index is 5.36. The van der Waals surface area contributed by atoms with Crippen molar-refractivity contribution in [1.29, 1.82) is 0 Å². The van der Waals surface area contributed by atoms with Crippen molar-refractivity contribution in [2.75, 3.05) is 26.8 Å². The van der Waals surface area contributed by atoms with Crippen LogP contribution in [0.15, 0.2) is 12.2 Å². The van der Waals surface area contributed by atoms with Crippen LogP contribution in [0.5, 0.6) is 0 Å². The number of hydrogen-bond donors (Lipinski definition) is 0. The third kappa shape index (κ3) is 2.64. The van der Waals surface area contributed by atoms with E-state index in [1.54, 1.807) is 0 Å². The Morgan fingerprint density at radius 2 is 2.45 bits per heavy atom. The van der Waals surface area contributed by atoms with E-state index >= 15 is 0 Å². The highest BCUT2D eigenvalue weighted by atomic mass is 16.5. The van der Waals surface area contributed by atoms with Crippen LogP contribution in [-0.2, 0) is 4.74 Å². The van der Waals surface area contributed by atoms with Crippen LogP contribution >= 0.6 is 0 Å². The number of ether oxygens (including phenoxy) is 1. The normalized spacial score (nSPS) is 28.0. The molecule has 1 saturated heterocycles. The van der Waals surface area contributed by atoms with Crippen LogP contribution in [0.1, 0.15) is 13.3 Å². The van der Waals surface area contributed by atoms with Crippen molar-refractivity contribution in [3.63, 3.8) is 0 Å². The van der Waals surface area contributed by atoms with E-state index in [1.807, 2.05) is 0 Å². The summed E-state index contributed by atoms with van der Waals surface area (Å²) >= 11 is 0. The van der Waals surface area contributed by atoms with Crippen LogP contribution in [0.3, 0.4) is 0 Å². The molecule has 0 aromatic carbocycles. The predicted octanol–water partition coefficient (Wildman–Crippen LogP) is 1.28. The Morgan fingerprint density at radius 1 is 1.64 bits per heavy atom. The van der Waals surface area contributed by atoms with E-state index in [9.17, 15) is 0 Å². The summed E-state index contributed by atoms with van der Waals surface area (Å²) in [5.41, 5.74) is 0. The lowest BCUT2D eigenvalue weighted by molar-refractivity contribution is 0.0233. The van der Waals surface area contributed by atoms with Crippen molar-refractivity contribution in [3.8, 4) is 0 Å². The summed E-state index contributed by atoms with van der Waals surface area (Å²) in [6.45, 7) is 4.94. The van der Waals surface area contributed by atoms with Crippen molar-refractivity contribution in [3.05, 3.63) is 12.2 Å². The van der Waals surface area contributed by atoms with Crippen molar-refractivity contribution in [2.45, 2.75) is 19.4 Å². The average Bonchev–Trinajstić information content (AvgIpc) is 2.03. The first-order valence-corrected chi connectivity index (χ1v) is 4.29. The van der Waals surface area contributed by atoms with Crippen LogP contribution in [0.4, 0.5) is 0 Å². The quantitative estimate of drug-likeness (QED) is 0.557. The Balaban J connectivity index is 2.35. The number of allylic oxidation sites excluding steroid dienone is 1. The summed E-state index contributed by atoms with van der Waals surface area (Å²) in [4.78, 5) is 2.33. The van der Waals surface area contributed by atoms with Crippen LogP contribution in [0, 0.1) is 0 Å². The molecule has 64 valence electrons. The first-order valence-electron chi connectivity index (χ1n) is 4.29. The number of nitrogens with zero attached hydrogens (tertiary/aromatic N) is 1. The van der Waals surface area contributed by atoms with Gasteiger partial charge in [-0.1, -0.05) is 19.1 Å². The number of rotatable bonds is 2. The molecule has 1 rings (SSSR count). The average molecular weight is 155 g/mol. The number of morpholine rings is 1. The van der Waals surface area contributed by atoms with Gasteiger partial charge in [-0.05, 0) is 13.5 Å². The number of hydrogen-bond acceptors (Lipinski definition) is 2. The van der Waals surface area contributed by atoms with Gasteiger partial charge in [0.15, 0.2) is 0 Å². The van der Waals surface area contributed by atoms with Crippen molar-refractivity contribution in [2.24, 2.45) is 0 Å². The molecule has 0 N–H and O–H groups in total. The lowest BCUT2D eigenvalue weighted by atomic mass is 10.2. The summed E-state index contributed by atoms with van der Waals surface area (Å²) in [6, 6.07) is 0.503. The van der Waals surface area contributed by atoms with Gasteiger partial charge in [-0.3, -0.25) is 4.90 Å². The standard InChI is InChI=1S/C9H17NO/c1-3-4-5-9-8-11-7-6-10(9)2/h4-5,9H,3,6-8H2,1-2H3/b5-4+. The molecule has 11 heavy (non-hydrogen) atoms. The molecule has 0 radical (unpaired) electrons. The van der Waals surface area contributed by atoms with Gasteiger partial charge in [0.2, 0.25) is 0 Å². The SMILES string of the molecule is CC/C=C/C1COCCN1C. The van der Waals surface area contributed by atoms with E-state index < -0.39 is 0 Å². The second-order valence-corrected chi connectivity index (χ2v) is 2.96. The lowest BCUT2D eigenvalue weighted by Crippen LogP contribution is -2.41. The van der Waals surface area contributed by atoms with Crippen LogP contribution in [-0.4, -0.2) is 37.7 Å². The van der Waals surface area contributed by atoms with Crippen LogP contribution in [0.25, 0.3) is 0 Å². The van der Waals surface area contributed by atoms with Crippen molar-refractivity contribution >= 4 is 0 Å².